The van der Waals surface area contributed by atoms with Gasteiger partial charge in [0.15, 0.2) is 11.5 Å². The zero-order chi connectivity index (χ0) is 27.7. The van der Waals surface area contributed by atoms with Gasteiger partial charge in [-0.15, -0.1) is 0 Å². The summed E-state index contributed by atoms with van der Waals surface area (Å²) >= 11 is 0. The fraction of sp³-hybridized carbons (Fsp3) is 0.308. The van der Waals surface area contributed by atoms with E-state index in [1.807, 2.05) is 4.90 Å². The van der Waals surface area contributed by atoms with Crippen LogP contribution >= 0.6 is 7.60 Å². The fourth-order valence-electron chi connectivity index (χ4n) is 4.67. The number of halogens is 1. The summed E-state index contributed by atoms with van der Waals surface area (Å²) in [6.45, 7) is 1.70. The number of aromatic hydroxyl groups is 2. The molecule has 1 aliphatic heterocycles. The van der Waals surface area contributed by atoms with E-state index in [0.717, 1.165) is 5.56 Å². The predicted molar refractivity (Wildman–Crippen MR) is 142 cm³/mol. The topological polar surface area (TPSA) is 127 Å². The molecule has 0 unspecified atom stereocenters. The van der Waals surface area contributed by atoms with Crippen LogP contribution < -0.4 is 4.74 Å². The van der Waals surface area contributed by atoms with E-state index in [9.17, 15) is 24.0 Å². The number of ether oxygens (including phenoxy) is 1. The molecule has 2 N–H and O–H groups in total. The maximum Gasteiger partial charge on any atom is 0.415 e. The van der Waals surface area contributed by atoms with E-state index in [1.54, 1.807) is 30.5 Å². The normalized spacial score (nSPS) is 14.8. The second-order valence-electron chi connectivity index (χ2n) is 9.16. The van der Waals surface area contributed by atoms with E-state index in [1.165, 1.54) is 42.0 Å². The van der Waals surface area contributed by atoms with Crippen molar-refractivity contribution in [2.45, 2.75) is 6.54 Å². The highest BCUT2D eigenvalue weighted by molar-refractivity contribution is 7.53. The van der Waals surface area contributed by atoms with Crippen LogP contribution in [0.25, 0.3) is 21.7 Å². The van der Waals surface area contributed by atoms with E-state index in [0.29, 0.717) is 37.0 Å². The van der Waals surface area contributed by atoms with Crippen LogP contribution in [0.2, 0.25) is 0 Å². The maximum atomic E-state index is 13.4. The lowest BCUT2D eigenvalue weighted by molar-refractivity contribution is 0.114. The van der Waals surface area contributed by atoms with Crippen molar-refractivity contribution in [3.8, 4) is 17.4 Å². The van der Waals surface area contributed by atoms with Crippen LogP contribution in [0.1, 0.15) is 5.56 Å². The number of carbonyl (C=O) groups is 1. The monoisotopic (exact) mass is 558 g/mol. The number of hydrogen-bond acceptors (Lipinski definition) is 9. The van der Waals surface area contributed by atoms with Crippen molar-refractivity contribution in [1.82, 2.24) is 19.4 Å². The first kappa shape index (κ1) is 26.9. The quantitative estimate of drug-likeness (QED) is 0.319. The molecule has 39 heavy (non-hydrogen) atoms. The van der Waals surface area contributed by atoms with Crippen LogP contribution in [0.5, 0.6) is 17.4 Å². The Bertz CT molecular complexity index is 1560. The third-order valence-corrected chi connectivity index (χ3v) is 8.68. The Kier molecular flexibility index (Phi) is 7.46. The minimum atomic E-state index is -3.22. The van der Waals surface area contributed by atoms with Crippen molar-refractivity contribution in [3.05, 3.63) is 60.2 Å². The Morgan fingerprint density at radius 1 is 1.05 bits per heavy atom. The second kappa shape index (κ2) is 10.8. The highest BCUT2D eigenvalue weighted by atomic mass is 31.2. The summed E-state index contributed by atoms with van der Waals surface area (Å²) in [6, 6.07) is 9.15. The molecule has 2 aromatic heterocycles. The molecule has 1 saturated heterocycles. The molecule has 11 nitrogen and oxygen atoms in total. The van der Waals surface area contributed by atoms with Gasteiger partial charge in [0.2, 0.25) is 5.88 Å². The maximum absolute atomic E-state index is 13.4. The van der Waals surface area contributed by atoms with Crippen LogP contribution in [0.15, 0.2) is 48.8 Å². The van der Waals surface area contributed by atoms with E-state index in [-0.39, 0.29) is 46.9 Å². The molecular formula is C26H28FN4O7P. The minimum Gasteiger partial charge on any atom is -0.505 e. The summed E-state index contributed by atoms with van der Waals surface area (Å²) in [6.07, 6.45) is 2.57. The molecule has 13 heteroatoms. The van der Waals surface area contributed by atoms with Crippen molar-refractivity contribution in [3.63, 3.8) is 0 Å². The average Bonchev–Trinajstić information content (AvgIpc) is 3.28. The Labute approximate surface area is 223 Å². The molecule has 5 rings (SSSR count). The molecule has 206 valence electrons. The smallest absolute Gasteiger partial charge is 0.415 e. The standard InChI is InChI=1S/C26H28FN4O7P/c1-36-39(35,37-2)16-29-10-12-30(13-11-29)26(34)38-24-19-4-3-9-28-22(19)23(32)21-20(24)15-31(25(21)33)14-17-5-7-18(27)8-6-17/h3-9,15,32-33H,10-14,16H2,1-2H3. The second-order valence-corrected chi connectivity index (χ2v) is 11.4. The first-order chi connectivity index (χ1) is 18.7. The zero-order valence-electron chi connectivity index (χ0n) is 21.4. The number of phenols is 1. The average molecular weight is 559 g/mol. The van der Waals surface area contributed by atoms with Crippen LogP contribution in [-0.2, 0) is 20.2 Å². The number of phenolic OH excluding ortho intramolecular Hbond substituents is 1. The minimum absolute atomic E-state index is 0.0887. The summed E-state index contributed by atoms with van der Waals surface area (Å²) < 4.78 is 43.2. The molecule has 1 aliphatic rings. The molecule has 0 radical (unpaired) electrons. The molecule has 0 aliphatic carbocycles. The number of carbonyl (C=O) groups excluding carboxylic acids is 1. The van der Waals surface area contributed by atoms with Gasteiger partial charge in [0.25, 0.3) is 0 Å². The molecular weight excluding hydrogens is 530 g/mol. The number of amides is 1. The number of rotatable bonds is 7. The lowest BCUT2D eigenvalue weighted by atomic mass is 10.1. The van der Waals surface area contributed by atoms with Crippen molar-refractivity contribution >= 4 is 35.4 Å². The van der Waals surface area contributed by atoms with Gasteiger partial charge in [0.1, 0.15) is 17.6 Å². The van der Waals surface area contributed by atoms with Crippen molar-refractivity contribution in [2.75, 3.05) is 46.7 Å². The molecule has 4 aromatic rings. The molecule has 0 bridgehead atoms. The summed E-state index contributed by atoms with van der Waals surface area (Å²) in [5, 5.41) is 22.8. The van der Waals surface area contributed by atoms with Crippen LogP contribution in [-0.4, -0.2) is 82.3 Å². The van der Waals surface area contributed by atoms with Gasteiger partial charge < -0.3 is 33.5 Å². The lowest BCUT2D eigenvalue weighted by Gasteiger charge is -2.34. The van der Waals surface area contributed by atoms with Gasteiger partial charge in [-0.1, -0.05) is 12.1 Å². The Balaban J connectivity index is 1.44. The van der Waals surface area contributed by atoms with Gasteiger partial charge in [-0.25, -0.2) is 9.18 Å². The molecule has 2 aromatic carbocycles. The van der Waals surface area contributed by atoms with Gasteiger partial charge in [0.05, 0.1) is 17.3 Å². The first-order valence-corrected chi connectivity index (χ1v) is 13.9. The SMILES string of the molecule is COP(=O)(CN1CCN(C(=O)Oc2c3cccnc3c(O)c3c(O)n(Cc4ccc(F)cc4)cc23)CC1)OC. The Hall–Kier alpha value is -3.70. The molecule has 1 amide bonds. The highest BCUT2D eigenvalue weighted by Gasteiger charge is 2.31. The van der Waals surface area contributed by atoms with Gasteiger partial charge in [-0.05, 0) is 29.8 Å². The molecule has 0 atom stereocenters. The molecule has 0 spiro atoms. The lowest BCUT2D eigenvalue weighted by Crippen LogP contribution is -2.49. The van der Waals surface area contributed by atoms with Gasteiger partial charge in [-0.3, -0.25) is 14.4 Å². The third kappa shape index (κ3) is 5.28. The van der Waals surface area contributed by atoms with E-state index in [4.69, 9.17) is 13.8 Å². The number of pyridine rings is 1. The van der Waals surface area contributed by atoms with Crippen LogP contribution in [0.3, 0.4) is 0 Å². The highest BCUT2D eigenvalue weighted by Crippen LogP contribution is 2.47. The van der Waals surface area contributed by atoms with Crippen LogP contribution in [0, 0.1) is 5.82 Å². The number of hydrogen-bond donors (Lipinski definition) is 2. The zero-order valence-corrected chi connectivity index (χ0v) is 22.3. The number of nitrogens with zero attached hydrogens (tertiary/aromatic N) is 4. The number of piperazine rings is 1. The first-order valence-electron chi connectivity index (χ1n) is 12.2. The summed E-state index contributed by atoms with van der Waals surface area (Å²) in [5.41, 5.74) is 0.888. The molecule has 3 heterocycles. The van der Waals surface area contributed by atoms with E-state index >= 15 is 0 Å². The van der Waals surface area contributed by atoms with Crippen molar-refractivity contribution in [2.24, 2.45) is 0 Å². The number of aromatic nitrogens is 2. The Morgan fingerprint density at radius 3 is 2.41 bits per heavy atom. The molecule has 0 saturated carbocycles. The van der Waals surface area contributed by atoms with Crippen molar-refractivity contribution in [1.29, 1.82) is 0 Å². The summed E-state index contributed by atoms with van der Waals surface area (Å²) in [7, 11) is -0.555. The predicted octanol–water partition coefficient (Wildman–Crippen LogP) is 4.35. The third-order valence-electron chi connectivity index (χ3n) is 6.82. The fourth-order valence-corrected chi connectivity index (χ4v) is 5.82. The van der Waals surface area contributed by atoms with Gasteiger partial charge in [-0.2, -0.15) is 0 Å². The molecule has 1 fully saturated rings. The largest absolute Gasteiger partial charge is 0.505 e. The van der Waals surface area contributed by atoms with E-state index < -0.39 is 13.7 Å². The van der Waals surface area contributed by atoms with Crippen LogP contribution in [0.4, 0.5) is 9.18 Å². The van der Waals surface area contributed by atoms with Gasteiger partial charge in [0, 0.05) is 58.2 Å². The van der Waals surface area contributed by atoms with Crippen molar-refractivity contribution < 1.29 is 37.7 Å². The van der Waals surface area contributed by atoms with E-state index in [2.05, 4.69) is 4.98 Å². The number of fused-ring (bicyclic) bond motifs is 2. The summed E-state index contributed by atoms with van der Waals surface area (Å²) in [5.74, 6) is -0.720. The summed E-state index contributed by atoms with van der Waals surface area (Å²) in [4.78, 5) is 20.9. The number of benzene rings is 2. The Morgan fingerprint density at radius 2 is 1.74 bits per heavy atom. The van der Waals surface area contributed by atoms with Gasteiger partial charge >= 0.3 is 13.7 Å².